The van der Waals surface area contributed by atoms with Crippen molar-refractivity contribution in [1.82, 2.24) is 10.3 Å². The van der Waals surface area contributed by atoms with Crippen molar-refractivity contribution >= 4 is 5.91 Å². The van der Waals surface area contributed by atoms with E-state index in [1.807, 2.05) is 30.3 Å². The number of hydrazine groups is 1. The second-order valence-corrected chi connectivity index (χ2v) is 5.14. The van der Waals surface area contributed by atoms with Gasteiger partial charge in [-0.05, 0) is 31.4 Å². The monoisotopic (exact) mass is 247 g/mol. The van der Waals surface area contributed by atoms with Crippen LogP contribution in [0.15, 0.2) is 30.3 Å². The average Bonchev–Trinajstić information content (AvgIpc) is 3.20. The van der Waals surface area contributed by atoms with E-state index in [2.05, 4.69) is 17.4 Å². The SMILES string of the molecule is CN(CC1CC1)CC(C(=O)NN)c1ccccc1. The highest BCUT2D eigenvalue weighted by Gasteiger charge is 2.26. The number of hydrogen-bond acceptors (Lipinski definition) is 3. The molecule has 0 aromatic heterocycles. The lowest BCUT2D eigenvalue weighted by Gasteiger charge is -2.23. The van der Waals surface area contributed by atoms with Gasteiger partial charge < -0.3 is 4.90 Å². The molecule has 1 aliphatic carbocycles. The number of benzene rings is 1. The third-order valence-electron chi connectivity index (χ3n) is 3.42. The van der Waals surface area contributed by atoms with Crippen molar-refractivity contribution in [2.24, 2.45) is 11.8 Å². The number of nitrogens with one attached hydrogen (secondary N) is 1. The number of nitrogens with two attached hydrogens (primary N) is 1. The molecule has 1 aromatic rings. The lowest BCUT2D eigenvalue weighted by molar-refractivity contribution is -0.123. The third-order valence-corrected chi connectivity index (χ3v) is 3.42. The molecule has 1 saturated carbocycles. The van der Waals surface area contributed by atoms with E-state index in [4.69, 9.17) is 5.84 Å². The highest BCUT2D eigenvalue weighted by molar-refractivity contribution is 5.83. The summed E-state index contributed by atoms with van der Waals surface area (Å²) >= 11 is 0. The quantitative estimate of drug-likeness (QED) is 0.449. The van der Waals surface area contributed by atoms with Crippen molar-refractivity contribution < 1.29 is 4.79 Å². The minimum Gasteiger partial charge on any atom is -0.305 e. The molecule has 0 aliphatic heterocycles. The molecule has 1 amide bonds. The Bertz CT molecular complexity index is 389. The van der Waals surface area contributed by atoms with Gasteiger partial charge in [0.05, 0.1) is 5.92 Å². The zero-order chi connectivity index (χ0) is 13.0. The fraction of sp³-hybridized carbons (Fsp3) is 0.500. The smallest absolute Gasteiger partial charge is 0.242 e. The van der Waals surface area contributed by atoms with Crippen molar-refractivity contribution in [2.75, 3.05) is 20.1 Å². The molecule has 2 rings (SSSR count). The average molecular weight is 247 g/mol. The topological polar surface area (TPSA) is 58.4 Å². The van der Waals surface area contributed by atoms with E-state index in [1.54, 1.807) is 0 Å². The van der Waals surface area contributed by atoms with E-state index in [-0.39, 0.29) is 11.8 Å². The Morgan fingerprint density at radius 2 is 2.11 bits per heavy atom. The van der Waals surface area contributed by atoms with Gasteiger partial charge in [-0.15, -0.1) is 0 Å². The Morgan fingerprint density at radius 3 is 2.67 bits per heavy atom. The first-order chi connectivity index (χ1) is 8.70. The van der Waals surface area contributed by atoms with Crippen LogP contribution in [0.4, 0.5) is 0 Å². The summed E-state index contributed by atoms with van der Waals surface area (Å²) in [6, 6.07) is 9.81. The third kappa shape index (κ3) is 3.55. The lowest BCUT2D eigenvalue weighted by Crippen LogP contribution is -2.40. The van der Waals surface area contributed by atoms with Crippen molar-refractivity contribution in [3.63, 3.8) is 0 Å². The lowest BCUT2D eigenvalue weighted by atomic mass is 9.98. The van der Waals surface area contributed by atoms with Crippen LogP contribution in [0.3, 0.4) is 0 Å². The molecule has 0 spiro atoms. The molecule has 1 aliphatic rings. The van der Waals surface area contributed by atoms with E-state index in [9.17, 15) is 4.79 Å². The van der Waals surface area contributed by atoms with E-state index >= 15 is 0 Å². The number of carbonyl (C=O) groups excluding carboxylic acids is 1. The minimum atomic E-state index is -0.194. The largest absolute Gasteiger partial charge is 0.305 e. The normalized spacial score (nSPS) is 16.6. The molecule has 0 radical (unpaired) electrons. The van der Waals surface area contributed by atoms with Gasteiger partial charge in [-0.3, -0.25) is 10.2 Å². The molecule has 18 heavy (non-hydrogen) atoms. The number of amides is 1. The van der Waals surface area contributed by atoms with E-state index in [0.717, 1.165) is 18.0 Å². The van der Waals surface area contributed by atoms with Crippen LogP contribution >= 0.6 is 0 Å². The summed E-state index contributed by atoms with van der Waals surface area (Å²) in [5.41, 5.74) is 3.29. The number of rotatable bonds is 6. The molecule has 0 heterocycles. The van der Waals surface area contributed by atoms with Crippen LogP contribution in [0.2, 0.25) is 0 Å². The first-order valence-electron chi connectivity index (χ1n) is 6.44. The highest BCUT2D eigenvalue weighted by Crippen LogP contribution is 2.30. The van der Waals surface area contributed by atoms with Gasteiger partial charge in [0.2, 0.25) is 5.91 Å². The van der Waals surface area contributed by atoms with Crippen LogP contribution in [0.5, 0.6) is 0 Å². The summed E-state index contributed by atoms with van der Waals surface area (Å²) in [5.74, 6) is 5.79. The van der Waals surface area contributed by atoms with Crippen LogP contribution < -0.4 is 11.3 Å². The Morgan fingerprint density at radius 1 is 1.44 bits per heavy atom. The summed E-state index contributed by atoms with van der Waals surface area (Å²) in [4.78, 5) is 14.1. The fourth-order valence-corrected chi connectivity index (χ4v) is 2.25. The zero-order valence-electron chi connectivity index (χ0n) is 10.8. The Labute approximate surface area is 108 Å². The van der Waals surface area contributed by atoms with Gasteiger partial charge >= 0.3 is 0 Å². The molecule has 98 valence electrons. The second kappa shape index (κ2) is 5.98. The van der Waals surface area contributed by atoms with Crippen molar-refractivity contribution in [2.45, 2.75) is 18.8 Å². The molecule has 1 fully saturated rings. The van der Waals surface area contributed by atoms with Crippen LogP contribution in [0.1, 0.15) is 24.3 Å². The number of likely N-dealkylation sites (N-methyl/N-ethyl adjacent to an activating group) is 1. The predicted octanol–water partition coefficient (Wildman–Crippen LogP) is 1.10. The molecule has 3 N–H and O–H groups in total. The molecular formula is C14H21N3O. The maximum absolute atomic E-state index is 11.9. The minimum absolute atomic E-state index is 0.121. The summed E-state index contributed by atoms with van der Waals surface area (Å²) < 4.78 is 0. The van der Waals surface area contributed by atoms with Crippen LogP contribution in [0, 0.1) is 5.92 Å². The van der Waals surface area contributed by atoms with Gasteiger partial charge in [0, 0.05) is 13.1 Å². The first-order valence-corrected chi connectivity index (χ1v) is 6.44. The van der Waals surface area contributed by atoms with Crippen LogP contribution in [-0.2, 0) is 4.79 Å². The van der Waals surface area contributed by atoms with Crippen molar-refractivity contribution in [3.8, 4) is 0 Å². The van der Waals surface area contributed by atoms with Gasteiger partial charge in [-0.2, -0.15) is 0 Å². The highest BCUT2D eigenvalue weighted by atomic mass is 16.2. The van der Waals surface area contributed by atoms with Gasteiger partial charge in [0.1, 0.15) is 0 Å². The Kier molecular flexibility index (Phi) is 4.33. The van der Waals surface area contributed by atoms with Crippen molar-refractivity contribution in [1.29, 1.82) is 0 Å². The van der Waals surface area contributed by atoms with Crippen LogP contribution in [-0.4, -0.2) is 30.9 Å². The fourth-order valence-electron chi connectivity index (χ4n) is 2.25. The van der Waals surface area contributed by atoms with Gasteiger partial charge in [0.15, 0.2) is 0 Å². The molecule has 1 aromatic carbocycles. The number of carbonyl (C=O) groups is 1. The molecular weight excluding hydrogens is 226 g/mol. The van der Waals surface area contributed by atoms with Crippen LogP contribution in [0.25, 0.3) is 0 Å². The Hall–Kier alpha value is -1.39. The summed E-state index contributed by atoms with van der Waals surface area (Å²) in [6.45, 7) is 1.78. The summed E-state index contributed by atoms with van der Waals surface area (Å²) in [6.07, 6.45) is 2.65. The van der Waals surface area contributed by atoms with E-state index in [1.165, 1.54) is 12.8 Å². The van der Waals surface area contributed by atoms with E-state index in [0.29, 0.717) is 6.54 Å². The maximum Gasteiger partial charge on any atom is 0.242 e. The van der Waals surface area contributed by atoms with Gasteiger partial charge in [-0.25, -0.2) is 5.84 Å². The van der Waals surface area contributed by atoms with Gasteiger partial charge in [-0.1, -0.05) is 30.3 Å². The molecule has 4 heteroatoms. The molecule has 1 unspecified atom stereocenters. The number of hydrogen-bond donors (Lipinski definition) is 2. The predicted molar refractivity (Wildman–Crippen MR) is 71.7 cm³/mol. The maximum atomic E-state index is 11.9. The molecule has 0 bridgehead atoms. The van der Waals surface area contributed by atoms with Gasteiger partial charge in [0.25, 0.3) is 0 Å². The second-order valence-electron chi connectivity index (χ2n) is 5.14. The molecule has 4 nitrogen and oxygen atoms in total. The number of nitrogens with zero attached hydrogens (tertiary/aromatic N) is 1. The molecule has 0 saturated heterocycles. The summed E-state index contributed by atoms with van der Waals surface area (Å²) in [7, 11) is 2.07. The Balaban J connectivity index is 2.02. The molecule has 1 atom stereocenters. The zero-order valence-corrected chi connectivity index (χ0v) is 10.8. The van der Waals surface area contributed by atoms with E-state index < -0.39 is 0 Å². The first kappa shape index (κ1) is 13.1. The van der Waals surface area contributed by atoms with Crippen molar-refractivity contribution in [3.05, 3.63) is 35.9 Å². The standard InChI is InChI=1S/C14H21N3O/c1-17(9-11-7-8-11)10-13(14(18)16-15)12-5-3-2-4-6-12/h2-6,11,13H,7-10,15H2,1H3,(H,16,18). The summed E-state index contributed by atoms with van der Waals surface area (Å²) in [5, 5.41) is 0.